The molecule has 1 aliphatic heterocycles. The molecule has 1 N–H and O–H groups in total. The van der Waals surface area contributed by atoms with Gasteiger partial charge in [-0.3, -0.25) is 10.00 Å². The van der Waals surface area contributed by atoms with E-state index in [0.29, 0.717) is 10.0 Å². The van der Waals surface area contributed by atoms with Crippen LogP contribution in [0.1, 0.15) is 18.2 Å². The van der Waals surface area contributed by atoms with Crippen LogP contribution in [0.15, 0.2) is 18.2 Å². The van der Waals surface area contributed by atoms with Gasteiger partial charge in [0.2, 0.25) is 0 Å². The van der Waals surface area contributed by atoms with Gasteiger partial charge < -0.3 is 0 Å². The molecule has 0 atom stereocenters. The lowest BCUT2D eigenvalue weighted by molar-refractivity contribution is 0.267. The number of aromatic amines is 1. The van der Waals surface area contributed by atoms with E-state index in [1.165, 1.54) is 11.3 Å². The van der Waals surface area contributed by atoms with E-state index in [1.54, 1.807) is 6.07 Å². The first-order chi connectivity index (χ1) is 9.19. The Morgan fingerprint density at radius 2 is 2.21 bits per heavy atom. The summed E-state index contributed by atoms with van der Waals surface area (Å²) in [5, 5.41) is 8.89. The molecule has 0 aliphatic carbocycles. The van der Waals surface area contributed by atoms with Crippen molar-refractivity contribution in [3.05, 3.63) is 39.5 Å². The summed E-state index contributed by atoms with van der Waals surface area (Å²) in [5.74, 6) is 0. The molecule has 0 bridgehead atoms. The predicted octanol–water partition coefficient (Wildman–Crippen LogP) is 3.76. The standard InChI is InChI=1S/C14H15Cl2N3/c1-2-19-6-5-13-11(8-19)14(18-17-13)10-4-3-9(15)7-12(10)16/h3-4,7H,2,5-6,8H2,1H3,(H,17,18). The van der Waals surface area contributed by atoms with Crippen molar-refractivity contribution >= 4 is 23.2 Å². The Balaban J connectivity index is 2.05. The molecule has 3 rings (SSSR count). The third-order valence-corrected chi connectivity index (χ3v) is 4.19. The Morgan fingerprint density at radius 3 is 2.95 bits per heavy atom. The fourth-order valence-corrected chi connectivity index (χ4v) is 3.02. The third kappa shape index (κ3) is 2.38. The van der Waals surface area contributed by atoms with E-state index < -0.39 is 0 Å². The molecule has 2 aromatic rings. The van der Waals surface area contributed by atoms with Crippen LogP contribution in [-0.4, -0.2) is 28.2 Å². The molecule has 0 radical (unpaired) electrons. The van der Waals surface area contributed by atoms with Gasteiger partial charge in [0, 0.05) is 41.4 Å². The zero-order valence-corrected chi connectivity index (χ0v) is 12.2. The lowest BCUT2D eigenvalue weighted by Gasteiger charge is -2.25. The summed E-state index contributed by atoms with van der Waals surface area (Å²) >= 11 is 12.2. The molecule has 0 fully saturated rings. The summed E-state index contributed by atoms with van der Waals surface area (Å²) in [4.78, 5) is 2.41. The molecule has 0 saturated carbocycles. The number of likely N-dealkylation sites (N-methyl/N-ethyl adjacent to an activating group) is 1. The zero-order valence-electron chi connectivity index (χ0n) is 10.7. The number of nitrogens with zero attached hydrogens (tertiary/aromatic N) is 2. The van der Waals surface area contributed by atoms with Crippen LogP contribution in [0.25, 0.3) is 11.3 Å². The molecule has 2 heterocycles. The number of fused-ring (bicyclic) bond motifs is 1. The Hall–Kier alpha value is -1.03. The second-order valence-corrected chi connectivity index (χ2v) is 5.62. The van der Waals surface area contributed by atoms with E-state index in [4.69, 9.17) is 23.2 Å². The van der Waals surface area contributed by atoms with Gasteiger partial charge in [0.05, 0.1) is 10.7 Å². The highest BCUT2D eigenvalue weighted by Crippen LogP contribution is 2.34. The molecule has 19 heavy (non-hydrogen) atoms. The van der Waals surface area contributed by atoms with Gasteiger partial charge in [-0.25, -0.2) is 0 Å². The van der Waals surface area contributed by atoms with E-state index in [2.05, 4.69) is 22.0 Å². The quantitative estimate of drug-likeness (QED) is 0.915. The minimum absolute atomic E-state index is 0.647. The minimum Gasteiger partial charge on any atom is -0.299 e. The van der Waals surface area contributed by atoms with Gasteiger partial charge in [-0.2, -0.15) is 5.10 Å². The van der Waals surface area contributed by atoms with E-state index in [1.807, 2.05) is 12.1 Å². The number of aromatic nitrogens is 2. The number of H-pyrrole nitrogens is 1. The summed E-state index contributed by atoms with van der Waals surface area (Å²) in [6.07, 6.45) is 1.02. The summed E-state index contributed by atoms with van der Waals surface area (Å²) in [7, 11) is 0. The molecule has 0 unspecified atom stereocenters. The van der Waals surface area contributed by atoms with E-state index in [-0.39, 0.29) is 0 Å². The maximum atomic E-state index is 6.28. The van der Waals surface area contributed by atoms with Gasteiger partial charge in [-0.15, -0.1) is 0 Å². The fourth-order valence-electron chi connectivity index (χ4n) is 2.53. The fraction of sp³-hybridized carbons (Fsp3) is 0.357. The van der Waals surface area contributed by atoms with Crippen LogP contribution in [0.2, 0.25) is 10.0 Å². The van der Waals surface area contributed by atoms with Crippen molar-refractivity contribution in [1.29, 1.82) is 0 Å². The van der Waals surface area contributed by atoms with Gasteiger partial charge in [0.25, 0.3) is 0 Å². The van der Waals surface area contributed by atoms with Crippen LogP contribution in [0.5, 0.6) is 0 Å². The molecule has 0 amide bonds. The lowest BCUT2D eigenvalue weighted by Crippen LogP contribution is -2.30. The van der Waals surface area contributed by atoms with E-state index in [9.17, 15) is 0 Å². The molecule has 1 aromatic carbocycles. The lowest BCUT2D eigenvalue weighted by atomic mass is 10.0. The Morgan fingerprint density at radius 1 is 1.37 bits per heavy atom. The van der Waals surface area contributed by atoms with Gasteiger partial charge in [-0.05, 0) is 24.7 Å². The van der Waals surface area contributed by atoms with Crippen LogP contribution in [0.4, 0.5) is 0 Å². The van der Waals surface area contributed by atoms with Gasteiger partial charge >= 0.3 is 0 Å². The minimum atomic E-state index is 0.647. The predicted molar refractivity (Wildman–Crippen MR) is 78.7 cm³/mol. The van der Waals surface area contributed by atoms with Crippen molar-refractivity contribution in [1.82, 2.24) is 15.1 Å². The number of rotatable bonds is 2. The van der Waals surface area contributed by atoms with Crippen LogP contribution >= 0.6 is 23.2 Å². The SMILES string of the molecule is CCN1CCc2[nH]nc(-c3ccc(Cl)cc3Cl)c2C1. The van der Waals surface area contributed by atoms with Crippen LogP contribution in [0, 0.1) is 0 Å². The molecular formula is C14H15Cl2N3. The number of hydrogen-bond acceptors (Lipinski definition) is 2. The Bertz CT molecular complexity index is 607. The smallest absolute Gasteiger partial charge is 0.0983 e. The first-order valence-corrected chi connectivity index (χ1v) is 7.18. The monoisotopic (exact) mass is 295 g/mol. The Kier molecular flexibility index (Phi) is 3.52. The topological polar surface area (TPSA) is 31.9 Å². The van der Waals surface area contributed by atoms with Crippen LogP contribution in [-0.2, 0) is 13.0 Å². The first-order valence-electron chi connectivity index (χ1n) is 6.43. The van der Waals surface area contributed by atoms with Crippen molar-refractivity contribution in [2.45, 2.75) is 19.9 Å². The highest BCUT2D eigenvalue weighted by Gasteiger charge is 2.22. The maximum absolute atomic E-state index is 6.28. The van der Waals surface area contributed by atoms with Crippen molar-refractivity contribution in [2.24, 2.45) is 0 Å². The van der Waals surface area contributed by atoms with Crippen molar-refractivity contribution in [3.63, 3.8) is 0 Å². The second kappa shape index (κ2) is 5.16. The van der Waals surface area contributed by atoms with E-state index >= 15 is 0 Å². The molecular weight excluding hydrogens is 281 g/mol. The van der Waals surface area contributed by atoms with Crippen LogP contribution < -0.4 is 0 Å². The zero-order chi connectivity index (χ0) is 13.4. The summed E-state index contributed by atoms with van der Waals surface area (Å²) in [6.45, 7) is 5.24. The third-order valence-electron chi connectivity index (χ3n) is 3.65. The number of benzene rings is 1. The Labute approximate surface area is 122 Å². The molecule has 100 valence electrons. The number of nitrogens with one attached hydrogen (secondary N) is 1. The van der Waals surface area contributed by atoms with Gasteiger partial charge in [0.1, 0.15) is 0 Å². The maximum Gasteiger partial charge on any atom is 0.0983 e. The average molecular weight is 296 g/mol. The largest absolute Gasteiger partial charge is 0.299 e. The molecule has 0 saturated heterocycles. The molecule has 0 spiro atoms. The van der Waals surface area contributed by atoms with Crippen molar-refractivity contribution in [3.8, 4) is 11.3 Å². The second-order valence-electron chi connectivity index (χ2n) is 4.77. The summed E-state index contributed by atoms with van der Waals surface area (Å²) in [5.41, 5.74) is 4.39. The van der Waals surface area contributed by atoms with Gasteiger partial charge in [0.15, 0.2) is 0 Å². The number of hydrogen-bond donors (Lipinski definition) is 1. The molecule has 1 aliphatic rings. The molecule has 3 nitrogen and oxygen atoms in total. The summed E-state index contributed by atoms with van der Waals surface area (Å²) in [6, 6.07) is 5.55. The number of halogens is 2. The first kappa shape index (κ1) is 13.0. The van der Waals surface area contributed by atoms with Crippen LogP contribution in [0.3, 0.4) is 0 Å². The van der Waals surface area contributed by atoms with Crippen molar-refractivity contribution in [2.75, 3.05) is 13.1 Å². The summed E-state index contributed by atoms with van der Waals surface area (Å²) < 4.78 is 0. The highest BCUT2D eigenvalue weighted by molar-refractivity contribution is 6.36. The van der Waals surface area contributed by atoms with Crippen molar-refractivity contribution < 1.29 is 0 Å². The van der Waals surface area contributed by atoms with Gasteiger partial charge in [-0.1, -0.05) is 30.1 Å². The normalized spacial score (nSPS) is 15.5. The molecule has 1 aromatic heterocycles. The van der Waals surface area contributed by atoms with E-state index in [0.717, 1.165) is 37.3 Å². The molecule has 5 heteroatoms. The highest BCUT2D eigenvalue weighted by atomic mass is 35.5. The average Bonchev–Trinajstić information content (AvgIpc) is 2.81.